The van der Waals surface area contributed by atoms with Crippen LogP contribution < -0.4 is 10.6 Å². The first kappa shape index (κ1) is 46.1. The minimum Gasteiger partial charge on any atom is -0.395 e. The van der Waals surface area contributed by atoms with Gasteiger partial charge in [-0.05, 0) is 127 Å². The molecular formula is C46H83N5O7. The SMILES string of the molecule is COC1C(C2CC(C(=O)N[C@@H](CC3CCCCC3)CN(C)C)CC(N(C)C)C2)CCCC1C(CO)N1O[C@@H](CO)[C@@H](C(C)O)[C@H]1C(=O)NC1C[C@H]2C[C@@H]([C@@H]1C)C2(C)C. The van der Waals surface area contributed by atoms with Crippen molar-refractivity contribution in [3.05, 3.63) is 0 Å². The van der Waals surface area contributed by atoms with E-state index in [0.717, 1.165) is 57.9 Å². The Morgan fingerprint density at radius 2 is 1.67 bits per heavy atom. The molecule has 16 atom stereocenters. The average Bonchev–Trinajstić information content (AvgIpc) is 3.58. The fourth-order valence-corrected chi connectivity index (χ4v) is 13.6. The lowest BCUT2D eigenvalue weighted by Gasteiger charge is -2.62. The summed E-state index contributed by atoms with van der Waals surface area (Å²) >= 11 is 0. The maximum Gasteiger partial charge on any atom is 0.240 e. The lowest BCUT2D eigenvalue weighted by molar-refractivity contribution is -0.227. The van der Waals surface area contributed by atoms with Gasteiger partial charge in [-0.15, -0.1) is 0 Å². The third-order valence-corrected chi connectivity index (χ3v) is 16.9. The molecule has 0 aromatic rings. The van der Waals surface area contributed by atoms with Gasteiger partial charge in [0, 0.05) is 49.5 Å². The first-order valence-electron chi connectivity index (χ1n) is 23.4. The Bertz CT molecular complexity index is 1340. The zero-order chi connectivity index (χ0) is 42.1. The van der Waals surface area contributed by atoms with Crippen molar-refractivity contribution in [2.24, 2.45) is 58.7 Å². The highest BCUT2D eigenvalue weighted by atomic mass is 16.7. The van der Waals surface area contributed by atoms with Gasteiger partial charge in [-0.1, -0.05) is 59.3 Å². The third kappa shape index (κ3) is 9.79. The van der Waals surface area contributed by atoms with Crippen LogP contribution in [0.1, 0.15) is 118 Å². The molecule has 1 saturated heterocycles. The number of aliphatic hydroxyl groups excluding tert-OH is 3. The summed E-state index contributed by atoms with van der Waals surface area (Å²) in [6.07, 6.45) is 13.0. The van der Waals surface area contributed by atoms with Crippen LogP contribution in [-0.2, 0) is 19.2 Å². The number of carbonyl (C=O) groups excluding carboxylic acids is 2. The molecule has 7 rings (SSSR count). The summed E-state index contributed by atoms with van der Waals surface area (Å²) in [4.78, 5) is 39.8. The second kappa shape index (κ2) is 19.8. The predicted octanol–water partition coefficient (Wildman–Crippen LogP) is 4.30. The molecule has 9 unspecified atom stereocenters. The van der Waals surface area contributed by atoms with E-state index < -0.39 is 30.2 Å². The zero-order valence-electron chi connectivity index (χ0n) is 37.7. The minimum atomic E-state index is -0.918. The van der Waals surface area contributed by atoms with E-state index >= 15 is 0 Å². The third-order valence-electron chi connectivity index (χ3n) is 16.9. The number of methoxy groups -OCH3 is 1. The number of carbonyl (C=O) groups is 2. The largest absolute Gasteiger partial charge is 0.395 e. The summed E-state index contributed by atoms with van der Waals surface area (Å²) in [5.74, 6) is 1.57. The fraction of sp³-hybridized carbons (Fsp3) is 0.957. The Morgan fingerprint density at radius 3 is 2.26 bits per heavy atom. The van der Waals surface area contributed by atoms with Gasteiger partial charge in [-0.3, -0.25) is 14.4 Å². The smallest absolute Gasteiger partial charge is 0.240 e. The van der Waals surface area contributed by atoms with Crippen molar-refractivity contribution in [2.45, 2.75) is 166 Å². The first-order valence-corrected chi connectivity index (χ1v) is 23.4. The molecule has 5 N–H and O–H groups in total. The van der Waals surface area contributed by atoms with Gasteiger partial charge in [0.25, 0.3) is 0 Å². The van der Waals surface area contributed by atoms with E-state index in [1.54, 1.807) is 19.1 Å². The lowest BCUT2D eigenvalue weighted by Crippen LogP contribution is -2.63. The van der Waals surface area contributed by atoms with Gasteiger partial charge in [0.1, 0.15) is 12.1 Å². The molecule has 0 aromatic carbocycles. The molecule has 12 heteroatoms. The van der Waals surface area contributed by atoms with Crippen LogP contribution in [0, 0.1) is 58.7 Å². The molecule has 0 radical (unpaired) electrons. The van der Waals surface area contributed by atoms with Crippen LogP contribution in [0.2, 0.25) is 0 Å². The number of rotatable bonds is 16. The molecule has 7 aliphatic rings. The normalized spacial score (nSPS) is 39.9. The summed E-state index contributed by atoms with van der Waals surface area (Å²) < 4.78 is 6.48. The molecule has 58 heavy (non-hydrogen) atoms. The van der Waals surface area contributed by atoms with Gasteiger partial charge in [0.15, 0.2) is 0 Å². The number of aliphatic hydroxyl groups is 3. The second-order valence-electron chi connectivity index (χ2n) is 21.2. The highest BCUT2D eigenvalue weighted by molar-refractivity contribution is 5.83. The number of amides is 2. The molecule has 1 aliphatic heterocycles. The van der Waals surface area contributed by atoms with Crippen LogP contribution in [0.5, 0.6) is 0 Å². The van der Waals surface area contributed by atoms with Crippen molar-refractivity contribution >= 4 is 11.8 Å². The van der Waals surface area contributed by atoms with Crippen molar-refractivity contribution in [3.63, 3.8) is 0 Å². The van der Waals surface area contributed by atoms with E-state index in [4.69, 9.17) is 9.57 Å². The number of ether oxygens (including phenoxy) is 1. The molecular weight excluding hydrogens is 735 g/mol. The Morgan fingerprint density at radius 1 is 0.948 bits per heavy atom. The molecule has 6 saturated carbocycles. The maximum atomic E-state index is 14.6. The van der Waals surface area contributed by atoms with Crippen LogP contribution in [0.25, 0.3) is 0 Å². The number of hydroxylamine groups is 2. The van der Waals surface area contributed by atoms with Gasteiger partial charge in [0.2, 0.25) is 11.8 Å². The van der Waals surface area contributed by atoms with E-state index in [9.17, 15) is 24.9 Å². The summed E-state index contributed by atoms with van der Waals surface area (Å²) in [7, 11) is 10.2. The number of fused-ring (bicyclic) bond motifs is 2. The minimum absolute atomic E-state index is 0.0267. The fourth-order valence-electron chi connectivity index (χ4n) is 13.6. The van der Waals surface area contributed by atoms with E-state index in [-0.39, 0.29) is 78.3 Å². The molecule has 1 heterocycles. The van der Waals surface area contributed by atoms with Crippen LogP contribution in [0.4, 0.5) is 0 Å². The second-order valence-corrected chi connectivity index (χ2v) is 21.2. The molecule has 2 bridgehead atoms. The summed E-state index contributed by atoms with van der Waals surface area (Å²) in [5, 5.41) is 41.6. The van der Waals surface area contributed by atoms with Crippen molar-refractivity contribution in [2.75, 3.05) is 55.1 Å². The number of nitrogens with one attached hydrogen (secondary N) is 2. The van der Waals surface area contributed by atoms with Gasteiger partial charge < -0.3 is 40.5 Å². The average molecular weight is 818 g/mol. The summed E-state index contributed by atoms with van der Waals surface area (Å²) in [5.41, 5.74) is 0.277. The van der Waals surface area contributed by atoms with Gasteiger partial charge in [0.05, 0.1) is 31.5 Å². The summed E-state index contributed by atoms with van der Waals surface area (Å²) in [6.45, 7) is 8.86. The highest BCUT2D eigenvalue weighted by Crippen LogP contribution is 2.61. The molecule has 7 fully saturated rings. The molecule has 0 aromatic heterocycles. The van der Waals surface area contributed by atoms with Crippen LogP contribution in [0.3, 0.4) is 0 Å². The lowest BCUT2D eigenvalue weighted by atomic mass is 9.45. The molecule has 12 nitrogen and oxygen atoms in total. The number of likely N-dealkylation sites (N-methyl/N-ethyl adjacent to an activating group) is 1. The van der Waals surface area contributed by atoms with Gasteiger partial charge in [-0.25, -0.2) is 0 Å². The Hall–Kier alpha value is -1.38. The van der Waals surface area contributed by atoms with E-state index in [0.29, 0.717) is 23.7 Å². The van der Waals surface area contributed by atoms with Crippen molar-refractivity contribution in [3.8, 4) is 0 Å². The predicted molar refractivity (Wildman–Crippen MR) is 226 cm³/mol. The van der Waals surface area contributed by atoms with E-state index in [1.807, 2.05) is 0 Å². The zero-order valence-corrected chi connectivity index (χ0v) is 37.7. The van der Waals surface area contributed by atoms with Crippen molar-refractivity contribution in [1.82, 2.24) is 25.5 Å². The maximum absolute atomic E-state index is 14.6. The van der Waals surface area contributed by atoms with Gasteiger partial charge >= 0.3 is 0 Å². The molecule has 6 aliphatic carbocycles. The van der Waals surface area contributed by atoms with Crippen molar-refractivity contribution < 1.29 is 34.5 Å². The highest BCUT2D eigenvalue weighted by Gasteiger charge is 2.59. The Kier molecular flexibility index (Phi) is 15.7. The van der Waals surface area contributed by atoms with Crippen LogP contribution in [0.15, 0.2) is 0 Å². The first-order chi connectivity index (χ1) is 27.6. The topological polar surface area (TPSA) is 147 Å². The monoisotopic (exact) mass is 818 g/mol. The Balaban J connectivity index is 1.20. The molecule has 334 valence electrons. The molecule has 2 amide bonds. The Labute approximate surface area is 350 Å². The summed E-state index contributed by atoms with van der Waals surface area (Å²) in [6, 6.07) is -1.04. The molecule has 0 spiro atoms. The van der Waals surface area contributed by atoms with Gasteiger partial charge in [-0.2, -0.15) is 5.06 Å². The standard InChI is InChI=1S/C46H83N5O7/c1-27-37-22-32(46(37,3)4)23-38(27)48-45(56)42-41(28(2)54)40(26-53)58-51(42)39(25-52)36-17-13-16-35(43(36)57-9)30-19-31(21-34(20-30)50(7)8)44(55)47-33(24-49(5)6)18-29-14-11-10-12-15-29/h27-43,52-54H,10-26H2,1-9H3,(H,47,55)(H,48,56)/t27-,28?,30?,31?,32+,33-,34?,35?,36?,37-,38?,39?,40-,41+,42-,43?/m0/s1. The number of hydrogen-bond acceptors (Lipinski definition) is 10. The van der Waals surface area contributed by atoms with E-state index in [1.165, 1.54) is 38.5 Å². The van der Waals surface area contributed by atoms with Crippen molar-refractivity contribution in [1.29, 1.82) is 0 Å². The van der Waals surface area contributed by atoms with Crippen LogP contribution >= 0.6 is 0 Å². The quantitative estimate of drug-likeness (QED) is 0.153. The van der Waals surface area contributed by atoms with Crippen LogP contribution in [-0.4, -0.2) is 146 Å². The number of hydrogen-bond donors (Lipinski definition) is 5. The van der Waals surface area contributed by atoms with E-state index in [2.05, 4.69) is 69.4 Å². The number of nitrogens with zero attached hydrogens (tertiary/aromatic N) is 3.